The molecule has 1 aromatic heterocycles. The summed E-state index contributed by atoms with van der Waals surface area (Å²) in [4.78, 5) is 23.1. The lowest BCUT2D eigenvalue weighted by molar-refractivity contribution is 0.101. The molecular formula is C16H17NO3. The molecule has 0 spiro atoms. The zero-order chi connectivity index (χ0) is 14.5. The van der Waals surface area contributed by atoms with Crippen LogP contribution in [0.15, 0.2) is 47.4 Å². The molecule has 20 heavy (non-hydrogen) atoms. The first kappa shape index (κ1) is 14.1. The third-order valence-corrected chi connectivity index (χ3v) is 3.00. The number of ketones is 1. The number of nitrogens with zero attached hydrogens (tertiary/aromatic N) is 1. The zero-order valence-electron chi connectivity index (χ0n) is 11.6. The van der Waals surface area contributed by atoms with Crippen LogP contribution in [-0.4, -0.2) is 17.0 Å². The highest BCUT2D eigenvalue weighted by atomic mass is 16.5. The average molecular weight is 271 g/mol. The largest absolute Gasteiger partial charge is 0.491 e. The fourth-order valence-corrected chi connectivity index (χ4v) is 1.94. The summed E-state index contributed by atoms with van der Waals surface area (Å²) in [5.41, 5.74) is 1.53. The van der Waals surface area contributed by atoms with Crippen LogP contribution in [0, 0.1) is 6.92 Å². The molecule has 0 aliphatic heterocycles. The molecule has 0 aliphatic carbocycles. The quantitative estimate of drug-likeness (QED) is 0.785. The van der Waals surface area contributed by atoms with Crippen LogP contribution in [0.4, 0.5) is 0 Å². The van der Waals surface area contributed by atoms with Gasteiger partial charge in [-0.1, -0.05) is 17.7 Å². The van der Waals surface area contributed by atoms with Crippen molar-refractivity contribution in [2.45, 2.75) is 20.4 Å². The van der Waals surface area contributed by atoms with E-state index in [1.807, 2.05) is 19.1 Å². The Morgan fingerprint density at radius 1 is 1.25 bits per heavy atom. The van der Waals surface area contributed by atoms with Gasteiger partial charge >= 0.3 is 0 Å². The van der Waals surface area contributed by atoms with Crippen LogP contribution in [0.25, 0.3) is 0 Å². The van der Waals surface area contributed by atoms with Crippen molar-refractivity contribution in [2.75, 3.05) is 6.61 Å². The highest BCUT2D eigenvalue weighted by molar-refractivity contribution is 5.97. The van der Waals surface area contributed by atoms with Crippen molar-refractivity contribution >= 4 is 5.78 Å². The van der Waals surface area contributed by atoms with Crippen molar-refractivity contribution in [2.24, 2.45) is 0 Å². The maximum Gasteiger partial charge on any atom is 0.250 e. The van der Waals surface area contributed by atoms with E-state index in [4.69, 9.17) is 4.74 Å². The number of aromatic nitrogens is 1. The van der Waals surface area contributed by atoms with Crippen LogP contribution in [0.3, 0.4) is 0 Å². The summed E-state index contributed by atoms with van der Waals surface area (Å²) in [6.45, 7) is 4.24. The molecule has 0 atom stereocenters. The summed E-state index contributed by atoms with van der Waals surface area (Å²) in [5.74, 6) is 0.535. The number of aryl methyl sites for hydroxylation is 1. The molecule has 0 saturated carbocycles. The summed E-state index contributed by atoms with van der Waals surface area (Å²) < 4.78 is 7.20. The number of Topliss-reactive ketones (excluding diaryl/α,β-unsaturated/α-hetero) is 1. The third-order valence-electron chi connectivity index (χ3n) is 3.00. The number of carbonyl (C=O) groups is 1. The Kier molecular flexibility index (Phi) is 4.35. The molecule has 0 amide bonds. The Hall–Kier alpha value is -2.36. The molecule has 1 heterocycles. The zero-order valence-corrected chi connectivity index (χ0v) is 11.6. The summed E-state index contributed by atoms with van der Waals surface area (Å²) in [6.07, 6.45) is 1.71. The monoisotopic (exact) mass is 271 g/mol. The second-order valence-electron chi connectivity index (χ2n) is 4.64. The molecule has 2 rings (SSSR count). The van der Waals surface area contributed by atoms with Gasteiger partial charge in [-0.3, -0.25) is 9.59 Å². The minimum atomic E-state index is -0.0632. The van der Waals surface area contributed by atoms with Gasteiger partial charge in [0.2, 0.25) is 0 Å². The topological polar surface area (TPSA) is 48.3 Å². The van der Waals surface area contributed by atoms with Crippen LogP contribution in [0.5, 0.6) is 5.75 Å². The Balaban J connectivity index is 2.07. The van der Waals surface area contributed by atoms with Crippen LogP contribution in [0.1, 0.15) is 22.8 Å². The van der Waals surface area contributed by atoms with E-state index < -0.39 is 0 Å². The van der Waals surface area contributed by atoms with Gasteiger partial charge in [0.15, 0.2) is 5.78 Å². The fourth-order valence-electron chi connectivity index (χ4n) is 1.94. The van der Waals surface area contributed by atoms with Gasteiger partial charge in [0.05, 0.1) is 12.1 Å². The average Bonchev–Trinajstić information content (AvgIpc) is 2.42. The van der Waals surface area contributed by atoms with E-state index in [2.05, 4.69) is 0 Å². The number of pyridine rings is 1. The first-order valence-electron chi connectivity index (χ1n) is 6.48. The maximum atomic E-state index is 11.6. The van der Waals surface area contributed by atoms with Crippen molar-refractivity contribution in [3.63, 3.8) is 0 Å². The second-order valence-corrected chi connectivity index (χ2v) is 4.64. The minimum Gasteiger partial charge on any atom is -0.491 e. The summed E-state index contributed by atoms with van der Waals surface area (Å²) in [7, 11) is 0. The molecule has 0 N–H and O–H groups in total. The van der Waals surface area contributed by atoms with Gasteiger partial charge in [-0.05, 0) is 32.0 Å². The minimum absolute atomic E-state index is 0.0272. The summed E-state index contributed by atoms with van der Waals surface area (Å²) >= 11 is 0. The molecule has 0 unspecified atom stereocenters. The molecule has 0 radical (unpaired) electrons. The molecule has 2 aromatic rings. The standard InChI is InChI=1S/C16H17NO3/c1-12-6-7-15(14(11-12)13(2)18)20-10-9-17-8-4-3-5-16(17)19/h3-8,11H,9-10H2,1-2H3. The Morgan fingerprint density at radius 3 is 2.75 bits per heavy atom. The van der Waals surface area contributed by atoms with Crippen molar-refractivity contribution in [1.82, 2.24) is 4.57 Å². The molecule has 0 aliphatic rings. The van der Waals surface area contributed by atoms with E-state index in [1.165, 1.54) is 13.0 Å². The van der Waals surface area contributed by atoms with Crippen molar-refractivity contribution < 1.29 is 9.53 Å². The highest BCUT2D eigenvalue weighted by Gasteiger charge is 2.08. The Bertz CT molecular complexity index is 673. The second kappa shape index (κ2) is 6.19. The number of carbonyl (C=O) groups excluding carboxylic acids is 1. The Labute approximate surface area is 117 Å². The van der Waals surface area contributed by atoms with Gasteiger partial charge in [-0.15, -0.1) is 0 Å². The number of hydrogen-bond acceptors (Lipinski definition) is 3. The molecule has 0 bridgehead atoms. The predicted octanol–water partition coefficient (Wildman–Crippen LogP) is 2.44. The van der Waals surface area contributed by atoms with Crippen molar-refractivity contribution in [3.8, 4) is 5.75 Å². The van der Waals surface area contributed by atoms with E-state index in [-0.39, 0.29) is 11.3 Å². The predicted molar refractivity (Wildman–Crippen MR) is 77.4 cm³/mol. The molecule has 104 valence electrons. The molecule has 4 nitrogen and oxygen atoms in total. The highest BCUT2D eigenvalue weighted by Crippen LogP contribution is 2.20. The lowest BCUT2D eigenvalue weighted by Gasteiger charge is -2.11. The molecule has 0 fully saturated rings. The van der Waals surface area contributed by atoms with Crippen LogP contribution in [-0.2, 0) is 6.54 Å². The number of rotatable bonds is 5. The van der Waals surface area contributed by atoms with Crippen molar-refractivity contribution in [1.29, 1.82) is 0 Å². The number of hydrogen-bond donors (Lipinski definition) is 0. The van der Waals surface area contributed by atoms with E-state index in [0.29, 0.717) is 24.5 Å². The molecule has 4 heteroatoms. The van der Waals surface area contributed by atoms with Gasteiger partial charge in [0, 0.05) is 12.3 Å². The molecular weight excluding hydrogens is 254 g/mol. The summed E-state index contributed by atoms with van der Waals surface area (Å²) in [5, 5.41) is 0. The lowest BCUT2D eigenvalue weighted by atomic mass is 10.1. The van der Waals surface area contributed by atoms with Gasteiger partial charge in [-0.25, -0.2) is 0 Å². The van der Waals surface area contributed by atoms with Crippen LogP contribution in [0.2, 0.25) is 0 Å². The maximum absolute atomic E-state index is 11.6. The third kappa shape index (κ3) is 3.35. The first-order valence-corrected chi connectivity index (χ1v) is 6.48. The first-order chi connectivity index (χ1) is 9.58. The van der Waals surface area contributed by atoms with Gasteiger partial charge in [0.1, 0.15) is 12.4 Å². The van der Waals surface area contributed by atoms with E-state index in [1.54, 1.807) is 29.0 Å². The lowest BCUT2D eigenvalue weighted by Crippen LogP contribution is -2.21. The normalized spacial score (nSPS) is 10.3. The smallest absolute Gasteiger partial charge is 0.250 e. The van der Waals surface area contributed by atoms with Crippen LogP contribution >= 0.6 is 0 Å². The fraction of sp³-hybridized carbons (Fsp3) is 0.250. The van der Waals surface area contributed by atoms with Crippen molar-refractivity contribution in [3.05, 3.63) is 64.1 Å². The van der Waals surface area contributed by atoms with E-state index in [9.17, 15) is 9.59 Å². The SMILES string of the molecule is CC(=O)c1cc(C)ccc1OCCn1ccccc1=O. The van der Waals surface area contributed by atoms with Gasteiger partial charge in [-0.2, -0.15) is 0 Å². The molecule has 1 aromatic carbocycles. The summed E-state index contributed by atoms with van der Waals surface area (Å²) in [6, 6.07) is 10.5. The van der Waals surface area contributed by atoms with E-state index >= 15 is 0 Å². The van der Waals surface area contributed by atoms with Gasteiger partial charge < -0.3 is 9.30 Å². The number of benzene rings is 1. The van der Waals surface area contributed by atoms with Gasteiger partial charge in [0.25, 0.3) is 5.56 Å². The van der Waals surface area contributed by atoms with E-state index in [0.717, 1.165) is 5.56 Å². The molecule has 0 saturated heterocycles. The number of ether oxygens (including phenoxy) is 1. The van der Waals surface area contributed by atoms with Crippen LogP contribution < -0.4 is 10.3 Å². The Morgan fingerprint density at radius 2 is 2.05 bits per heavy atom.